The van der Waals surface area contributed by atoms with Gasteiger partial charge in [0.15, 0.2) is 0 Å². The van der Waals surface area contributed by atoms with Crippen molar-refractivity contribution in [2.75, 3.05) is 72.6 Å². The van der Waals surface area contributed by atoms with Crippen LogP contribution in [-0.4, -0.2) is 142 Å². The summed E-state index contributed by atoms with van der Waals surface area (Å²) in [4.78, 5) is 75.1. The van der Waals surface area contributed by atoms with E-state index in [1.54, 1.807) is 41.5 Å². The van der Waals surface area contributed by atoms with Crippen LogP contribution in [0.2, 0.25) is 0 Å². The van der Waals surface area contributed by atoms with Crippen LogP contribution in [0.15, 0.2) is 29.2 Å². The molecule has 21 heteroatoms. The minimum absolute atomic E-state index is 0.0278. The van der Waals surface area contributed by atoms with E-state index >= 15 is 0 Å². The van der Waals surface area contributed by atoms with Crippen molar-refractivity contribution >= 4 is 45.8 Å². The molecule has 0 saturated carbocycles. The third kappa shape index (κ3) is 24.1. The van der Waals surface area contributed by atoms with Gasteiger partial charge in [0.2, 0.25) is 27.7 Å². The van der Waals surface area contributed by atoms with Crippen LogP contribution in [0.5, 0.6) is 5.75 Å². The van der Waals surface area contributed by atoms with Crippen LogP contribution in [0.3, 0.4) is 0 Å². The monoisotopic (exact) mass is 844 g/mol. The highest BCUT2D eigenvalue weighted by atomic mass is 32.2. The molecule has 58 heavy (non-hydrogen) atoms. The molecule has 0 aliphatic rings. The van der Waals surface area contributed by atoms with E-state index in [1.807, 2.05) is 4.90 Å². The number of nitrogens with one attached hydrogen (secondary N) is 6. The molecule has 0 radical (unpaired) electrons. The van der Waals surface area contributed by atoms with Crippen LogP contribution < -0.4 is 36.8 Å². The molecule has 0 fully saturated rings. The first-order valence-corrected chi connectivity index (χ1v) is 20.6. The molecule has 0 spiro atoms. The molecule has 1 rings (SSSR count). The van der Waals surface area contributed by atoms with Gasteiger partial charge in [0.05, 0.1) is 18.6 Å². The number of hydrogen-bond acceptors (Lipinski definition) is 13. The zero-order valence-electron chi connectivity index (χ0n) is 34.9. The number of amides is 6. The standard InChI is InChI=1S/C37H64N8O12S/c1-36(2,3)56-34(50)41-20-18-38-31(47)16-24-44(25-17-32(48)39-19-21-42-35(51)57-37(4,5)6)26-22-40-30(46)11-9-8-10-23-45(27-33(49)43-52)58(53,54)29-14-12-28(55-7)13-15-29/h12-15,52H,8-11,16-27H2,1-7H3,(H,38,47)(H,39,48)(H,40,46)(H,41,50)(H,42,51)(H,43,49). The first-order chi connectivity index (χ1) is 27.1. The van der Waals surface area contributed by atoms with E-state index in [0.717, 1.165) is 4.31 Å². The molecule has 330 valence electrons. The SMILES string of the molecule is COc1ccc(S(=O)(=O)N(CCCCCC(=O)NCCN(CCC(=O)NCCNC(=O)OC(C)(C)C)CCC(=O)NCCNC(=O)OC(C)(C)C)CC(=O)NO)cc1. The number of sulfonamides is 1. The zero-order valence-corrected chi connectivity index (χ0v) is 35.7. The molecule has 7 N–H and O–H groups in total. The van der Waals surface area contributed by atoms with E-state index in [4.69, 9.17) is 19.4 Å². The van der Waals surface area contributed by atoms with Gasteiger partial charge in [-0.15, -0.1) is 0 Å². The Labute approximate surface area is 341 Å². The Morgan fingerprint density at radius 1 is 0.603 bits per heavy atom. The maximum absolute atomic E-state index is 13.2. The topological polar surface area (TPSA) is 263 Å². The highest BCUT2D eigenvalue weighted by molar-refractivity contribution is 7.89. The number of benzene rings is 1. The molecule has 20 nitrogen and oxygen atoms in total. The molecule has 0 heterocycles. The lowest BCUT2D eigenvalue weighted by atomic mass is 10.2. The van der Waals surface area contributed by atoms with E-state index in [9.17, 15) is 37.2 Å². The minimum atomic E-state index is -4.07. The summed E-state index contributed by atoms with van der Waals surface area (Å²) in [7, 11) is -2.63. The predicted octanol–water partition coefficient (Wildman–Crippen LogP) is 1.23. The average molecular weight is 845 g/mol. The van der Waals surface area contributed by atoms with Crippen LogP contribution in [0, 0.1) is 0 Å². The third-order valence-corrected chi connectivity index (χ3v) is 9.60. The highest BCUT2D eigenvalue weighted by Crippen LogP contribution is 2.20. The molecule has 6 amide bonds. The number of ether oxygens (including phenoxy) is 3. The van der Waals surface area contributed by atoms with E-state index in [1.165, 1.54) is 36.9 Å². The number of nitrogens with zero attached hydrogens (tertiary/aromatic N) is 2. The average Bonchev–Trinajstić information content (AvgIpc) is 3.13. The molecule has 1 aromatic carbocycles. The summed E-state index contributed by atoms with van der Waals surface area (Å²) in [5, 5.41) is 22.4. The van der Waals surface area contributed by atoms with Crippen molar-refractivity contribution in [3.05, 3.63) is 24.3 Å². The van der Waals surface area contributed by atoms with Crippen molar-refractivity contribution in [1.82, 2.24) is 41.3 Å². The number of rotatable bonds is 26. The normalized spacial score (nSPS) is 11.7. The first kappa shape index (κ1) is 51.3. The summed E-state index contributed by atoms with van der Waals surface area (Å²) in [6, 6.07) is 5.68. The minimum Gasteiger partial charge on any atom is -0.497 e. The summed E-state index contributed by atoms with van der Waals surface area (Å²) >= 11 is 0. The Hall–Kier alpha value is -4.73. The molecule has 0 aliphatic carbocycles. The molecule has 0 unspecified atom stereocenters. The second kappa shape index (κ2) is 26.3. The fourth-order valence-electron chi connectivity index (χ4n) is 4.96. The zero-order chi connectivity index (χ0) is 43.8. The molecular weight excluding hydrogens is 781 g/mol. The quantitative estimate of drug-likeness (QED) is 0.0394. The number of methoxy groups -OCH3 is 1. The molecular formula is C37H64N8O12S. The van der Waals surface area contributed by atoms with Crippen LogP contribution in [0.25, 0.3) is 0 Å². The van der Waals surface area contributed by atoms with Gasteiger partial charge >= 0.3 is 12.2 Å². The number of carbonyl (C=O) groups is 6. The van der Waals surface area contributed by atoms with Crippen molar-refractivity contribution in [2.24, 2.45) is 0 Å². The molecule has 0 bridgehead atoms. The lowest BCUT2D eigenvalue weighted by Crippen LogP contribution is -2.41. The number of alkyl carbamates (subject to hydrolysis) is 2. The number of carbonyl (C=O) groups excluding carboxylic acids is 6. The van der Waals surface area contributed by atoms with Gasteiger partial charge in [-0.2, -0.15) is 4.31 Å². The summed E-state index contributed by atoms with van der Waals surface area (Å²) in [5.74, 6) is -1.23. The summed E-state index contributed by atoms with van der Waals surface area (Å²) in [6.07, 6.45) is 0.391. The van der Waals surface area contributed by atoms with Gasteiger partial charge < -0.3 is 45.7 Å². The van der Waals surface area contributed by atoms with Gasteiger partial charge in [-0.1, -0.05) is 6.42 Å². The van der Waals surface area contributed by atoms with Gasteiger partial charge in [-0.3, -0.25) is 24.4 Å². The predicted molar refractivity (Wildman–Crippen MR) is 213 cm³/mol. The van der Waals surface area contributed by atoms with Gasteiger partial charge in [-0.25, -0.2) is 23.5 Å². The number of hydrogen-bond donors (Lipinski definition) is 7. The maximum atomic E-state index is 13.2. The fraction of sp³-hybridized carbons (Fsp3) is 0.676. The molecule has 0 saturated heterocycles. The van der Waals surface area contributed by atoms with Gasteiger partial charge in [-0.05, 0) is 78.6 Å². The van der Waals surface area contributed by atoms with Gasteiger partial charge in [0.1, 0.15) is 17.0 Å². The van der Waals surface area contributed by atoms with Crippen LogP contribution in [0.4, 0.5) is 9.59 Å². The van der Waals surface area contributed by atoms with E-state index in [-0.39, 0.29) is 94.2 Å². The summed E-state index contributed by atoms with van der Waals surface area (Å²) < 4.78 is 42.8. The van der Waals surface area contributed by atoms with Crippen molar-refractivity contribution in [3.8, 4) is 5.75 Å². The van der Waals surface area contributed by atoms with Crippen molar-refractivity contribution in [2.45, 2.75) is 96.2 Å². The summed E-state index contributed by atoms with van der Waals surface area (Å²) in [6.45, 7) is 11.6. The van der Waals surface area contributed by atoms with E-state index in [2.05, 4.69) is 26.6 Å². The second-order valence-electron chi connectivity index (χ2n) is 15.1. The Morgan fingerprint density at radius 3 is 1.53 bits per heavy atom. The van der Waals surface area contributed by atoms with Gasteiger partial charge in [0, 0.05) is 78.2 Å². The number of hydroxylamine groups is 1. The molecule has 0 atom stereocenters. The van der Waals surface area contributed by atoms with Crippen LogP contribution >= 0.6 is 0 Å². The molecule has 1 aromatic rings. The number of unbranched alkanes of at least 4 members (excludes halogenated alkanes) is 2. The molecule has 0 aromatic heterocycles. The van der Waals surface area contributed by atoms with Gasteiger partial charge in [0.25, 0.3) is 5.91 Å². The molecule has 0 aliphatic heterocycles. The third-order valence-electron chi connectivity index (χ3n) is 7.74. The fourth-order valence-corrected chi connectivity index (χ4v) is 6.40. The van der Waals surface area contributed by atoms with E-state index in [0.29, 0.717) is 31.6 Å². The second-order valence-corrected chi connectivity index (χ2v) is 17.0. The Bertz CT molecular complexity index is 1510. The Kier molecular flexibility index (Phi) is 23.3. The lowest BCUT2D eigenvalue weighted by Gasteiger charge is -2.22. The van der Waals surface area contributed by atoms with Crippen molar-refractivity contribution in [3.63, 3.8) is 0 Å². The Morgan fingerprint density at radius 2 is 1.07 bits per heavy atom. The first-order valence-electron chi connectivity index (χ1n) is 19.2. The lowest BCUT2D eigenvalue weighted by molar-refractivity contribution is -0.129. The van der Waals surface area contributed by atoms with E-state index < -0.39 is 45.9 Å². The highest BCUT2D eigenvalue weighted by Gasteiger charge is 2.26. The summed E-state index contributed by atoms with van der Waals surface area (Å²) in [5.41, 5.74) is 0.151. The van der Waals surface area contributed by atoms with Crippen molar-refractivity contribution < 1.29 is 56.6 Å². The van der Waals surface area contributed by atoms with Crippen LogP contribution in [-0.2, 0) is 38.7 Å². The maximum Gasteiger partial charge on any atom is 0.407 e. The smallest absolute Gasteiger partial charge is 0.407 e. The largest absolute Gasteiger partial charge is 0.497 e. The van der Waals surface area contributed by atoms with Crippen LogP contribution in [0.1, 0.15) is 80.1 Å². The van der Waals surface area contributed by atoms with Crippen molar-refractivity contribution in [1.29, 1.82) is 0 Å². The Balaban J connectivity index is 2.62.